The van der Waals surface area contributed by atoms with E-state index in [1.54, 1.807) is 0 Å². The van der Waals surface area contributed by atoms with Gasteiger partial charge >= 0.3 is 0 Å². The van der Waals surface area contributed by atoms with Crippen LogP contribution >= 0.6 is 0 Å². The Bertz CT molecular complexity index is 1980. The highest BCUT2D eigenvalue weighted by atomic mass is 15.1. The molecule has 0 fully saturated rings. The predicted molar refractivity (Wildman–Crippen MR) is 166 cm³/mol. The van der Waals surface area contributed by atoms with Gasteiger partial charge in [-0.1, -0.05) is 92.7 Å². The molecule has 6 aromatic carbocycles. The number of rotatable bonds is 3. The SMILES string of the molecule is [C-]#[N+]c1ccc(N(c2ccc([N+]#[C-])cc2)c2ccc3c(c2)C(C)(C)c2ccc4c(ccc5ccccc54)c2-3)cc1. The molecule has 0 saturated carbocycles. The Morgan fingerprint density at radius 3 is 1.80 bits per heavy atom. The molecule has 0 aromatic heterocycles. The van der Waals surface area contributed by atoms with Gasteiger partial charge < -0.3 is 4.90 Å². The number of nitrogens with zero attached hydrogens (tertiary/aromatic N) is 3. The summed E-state index contributed by atoms with van der Waals surface area (Å²) in [6.07, 6.45) is 0. The molecule has 0 saturated heterocycles. The third-order valence-electron chi connectivity index (χ3n) is 8.28. The molecule has 1 aliphatic carbocycles. The van der Waals surface area contributed by atoms with Crippen molar-refractivity contribution in [3.63, 3.8) is 0 Å². The minimum Gasteiger partial charge on any atom is -0.311 e. The summed E-state index contributed by atoms with van der Waals surface area (Å²) in [6, 6.07) is 39.8. The third kappa shape index (κ3) is 3.49. The van der Waals surface area contributed by atoms with E-state index in [0.29, 0.717) is 11.4 Å². The first kappa shape index (κ1) is 23.7. The first-order chi connectivity index (χ1) is 19.5. The van der Waals surface area contributed by atoms with Crippen LogP contribution in [0.25, 0.3) is 42.4 Å². The van der Waals surface area contributed by atoms with Gasteiger partial charge in [-0.15, -0.1) is 0 Å². The topological polar surface area (TPSA) is 12.0 Å². The zero-order chi connectivity index (χ0) is 27.4. The van der Waals surface area contributed by atoms with Gasteiger partial charge in [0.2, 0.25) is 0 Å². The number of anilines is 3. The molecule has 188 valence electrons. The molecule has 6 aromatic rings. The lowest BCUT2D eigenvalue weighted by Gasteiger charge is -2.28. The van der Waals surface area contributed by atoms with Gasteiger partial charge in [-0.3, -0.25) is 0 Å². The average molecular weight is 512 g/mol. The van der Waals surface area contributed by atoms with Gasteiger partial charge in [0.25, 0.3) is 0 Å². The van der Waals surface area contributed by atoms with Crippen LogP contribution in [0, 0.1) is 13.1 Å². The Hall–Kier alpha value is -5.38. The van der Waals surface area contributed by atoms with E-state index in [0.717, 1.165) is 17.1 Å². The summed E-state index contributed by atoms with van der Waals surface area (Å²) in [5.41, 5.74) is 9.25. The highest BCUT2D eigenvalue weighted by Gasteiger charge is 2.37. The van der Waals surface area contributed by atoms with E-state index < -0.39 is 0 Å². The zero-order valence-corrected chi connectivity index (χ0v) is 22.3. The lowest BCUT2D eigenvalue weighted by Crippen LogP contribution is -2.16. The van der Waals surface area contributed by atoms with E-state index in [2.05, 4.69) is 95.2 Å². The van der Waals surface area contributed by atoms with Crippen molar-refractivity contribution in [3.05, 3.63) is 149 Å². The maximum Gasteiger partial charge on any atom is 0.187 e. The number of hydrogen-bond donors (Lipinski definition) is 0. The lowest BCUT2D eigenvalue weighted by atomic mass is 9.81. The smallest absolute Gasteiger partial charge is 0.187 e. The molecular formula is C37H25N3. The van der Waals surface area contributed by atoms with Gasteiger partial charge in [0, 0.05) is 22.5 Å². The molecular weight excluding hydrogens is 486 g/mol. The van der Waals surface area contributed by atoms with Crippen LogP contribution in [0.4, 0.5) is 28.4 Å². The number of benzene rings is 6. The van der Waals surface area contributed by atoms with E-state index in [1.165, 1.54) is 43.8 Å². The fraction of sp³-hybridized carbons (Fsp3) is 0.0811. The van der Waals surface area contributed by atoms with Crippen molar-refractivity contribution in [2.75, 3.05) is 4.90 Å². The van der Waals surface area contributed by atoms with Crippen molar-refractivity contribution in [3.8, 4) is 11.1 Å². The Morgan fingerprint density at radius 1 is 0.550 bits per heavy atom. The second kappa shape index (κ2) is 8.84. The second-order valence-corrected chi connectivity index (χ2v) is 10.8. The molecule has 0 radical (unpaired) electrons. The van der Waals surface area contributed by atoms with E-state index >= 15 is 0 Å². The average Bonchev–Trinajstić information content (AvgIpc) is 3.24. The summed E-state index contributed by atoms with van der Waals surface area (Å²) in [5.74, 6) is 0. The van der Waals surface area contributed by atoms with E-state index in [9.17, 15) is 0 Å². The minimum atomic E-state index is -0.173. The molecule has 3 heteroatoms. The molecule has 0 N–H and O–H groups in total. The van der Waals surface area contributed by atoms with Crippen LogP contribution in [-0.2, 0) is 5.41 Å². The molecule has 0 atom stereocenters. The van der Waals surface area contributed by atoms with Crippen LogP contribution in [0.3, 0.4) is 0 Å². The summed E-state index contributed by atoms with van der Waals surface area (Å²) in [7, 11) is 0. The highest BCUT2D eigenvalue weighted by Crippen LogP contribution is 2.53. The molecule has 0 amide bonds. The summed E-state index contributed by atoms with van der Waals surface area (Å²) in [5, 5.41) is 5.11. The van der Waals surface area contributed by atoms with E-state index in [4.69, 9.17) is 13.1 Å². The Morgan fingerprint density at radius 2 is 1.15 bits per heavy atom. The summed E-state index contributed by atoms with van der Waals surface area (Å²) in [4.78, 5) is 9.34. The number of fused-ring (bicyclic) bond motifs is 7. The predicted octanol–water partition coefficient (Wildman–Crippen LogP) is 10.9. The Balaban J connectivity index is 1.43. The zero-order valence-electron chi connectivity index (χ0n) is 22.3. The molecule has 1 aliphatic rings. The van der Waals surface area contributed by atoms with Crippen molar-refractivity contribution in [2.24, 2.45) is 0 Å². The molecule has 0 heterocycles. The highest BCUT2D eigenvalue weighted by molar-refractivity contribution is 6.14. The van der Waals surface area contributed by atoms with Crippen molar-refractivity contribution < 1.29 is 0 Å². The standard InChI is InChI=1S/C37H25N3/c1-37(2)34-22-21-31-30-8-6-5-7-24(30)9-19-32(31)36(34)33-20-18-29(23-35(33)37)40(27-14-10-25(38-3)11-15-27)28-16-12-26(39-4)13-17-28/h5-23H,1-2H3. The second-order valence-electron chi connectivity index (χ2n) is 10.8. The molecule has 3 nitrogen and oxygen atoms in total. The van der Waals surface area contributed by atoms with E-state index in [-0.39, 0.29) is 5.41 Å². The van der Waals surface area contributed by atoms with Crippen molar-refractivity contribution in [2.45, 2.75) is 19.3 Å². The van der Waals surface area contributed by atoms with Crippen molar-refractivity contribution in [1.82, 2.24) is 0 Å². The van der Waals surface area contributed by atoms with Crippen LogP contribution < -0.4 is 4.90 Å². The first-order valence-electron chi connectivity index (χ1n) is 13.3. The molecule has 0 spiro atoms. The van der Waals surface area contributed by atoms with Crippen LogP contribution in [0.2, 0.25) is 0 Å². The van der Waals surface area contributed by atoms with Crippen LogP contribution in [0.1, 0.15) is 25.0 Å². The maximum atomic E-state index is 7.37. The van der Waals surface area contributed by atoms with Gasteiger partial charge in [0.05, 0.1) is 13.1 Å². The van der Waals surface area contributed by atoms with Gasteiger partial charge in [0.1, 0.15) is 0 Å². The Labute approximate surface area is 234 Å². The fourth-order valence-corrected chi connectivity index (χ4v) is 6.25. The summed E-state index contributed by atoms with van der Waals surface area (Å²) >= 11 is 0. The normalized spacial score (nSPS) is 12.9. The van der Waals surface area contributed by atoms with Crippen LogP contribution in [0.15, 0.2) is 115 Å². The lowest BCUT2D eigenvalue weighted by molar-refractivity contribution is 0.661. The summed E-state index contributed by atoms with van der Waals surface area (Å²) in [6.45, 7) is 19.4. The molecule has 7 rings (SSSR count). The van der Waals surface area contributed by atoms with Crippen LogP contribution in [-0.4, -0.2) is 0 Å². The third-order valence-corrected chi connectivity index (χ3v) is 8.28. The summed E-state index contributed by atoms with van der Waals surface area (Å²) < 4.78 is 0. The van der Waals surface area contributed by atoms with Gasteiger partial charge in [-0.2, -0.15) is 0 Å². The largest absolute Gasteiger partial charge is 0.311 e. The van der Waals surface area contributed by atoms with Gasteiger partial charge in [-0.05, 0) is 80.2 Å². The van der Waals surface area contributed by atoms with Gasteiger partial charge in [-0.25, -0.2) is 9.69 Å². The fourth-order valence-electron chi connectivity index (χ4n) is 6.25. The first-order valence-corrected chi connectivity index (χ1v) is 13.3. The van der Waals surface area contributed by atoms with Crippen molar-refractivity contribution >= 4 is 50.0 Å². The molecule has 0 bridgehead atoms. The molecule has 0 unspecified atom stereocenters. The molecule has 40 heavy (non-hydrogen) atoms. The quantitative estimate of drug-likeness (QED) is 0.170. The van der Waals surface area contributed by atoms with Gasteiger partial charge in [0.15, 0.2) is 11.4 Å². The Kier molecular flexibility index (Phi) is 5.24. The monoisotopic (exact) mass is 511 g/mol. The number of hydrogen-bond acceptors (Lipinski definition) is 1. The maximum absolute atomic E-state index is 7.37. The minimum absolute atomic E-state index is 0.173. The van der Waals surface area contributed by atoms with Crippen LogP contribution in [0.5, 0.6) is 0 Å². The van der Waals surface area contributed by atoms with Crippen molar-refractivity contribution in [1.29, 1.82) is 0 Å². The van der Waals surface area contributed by atoms with E-state index in [1.807, 2.05) is 48.5 Å². The molecule has 0 aliphatic heterocycles.